The number of nitrogens with two attached hydrogens (primary N) is 1. The number of benzene rings is 1. The number of carbonyl (C=O) groups excluding carboxylic acids is 3. The molecule has 0 radical (unpaired) electrons. The molecule has 3 rings (SSSR count). The Morgan fingerprint density at radius 3 is 2.61 bits per heavy atom. The second kappa shape index (κ2) is 9.07. The van der Waals surface area contributed by atoms with Gasteiger partial charge < -0.3 is 15.8 Å². The monoisotopic (exact) mass is 382 g/mol. The minimum absolute atomic E-state index is 0.303. The summed E-state index contributed by atoms with van der Waals surface area (Å²) in [5.74, 6) is -1.55. The maximum Gasteiger partial charge on any atom is 0.287 e. The summed E-state index contributed by atoms with van der Waals surface area (Å²) >= 11 is 0. The van der Waals surface area contributed by atoms with Crippen molar-refractivity contribution in [2.24, 2.45) is 5.73 Å². The molecule has 0 spiro atoms. The Hall–Kier alpha value is -3.29. The zero-order valence-corrected chi connectivity index (χ0v) is 15.4. The average Bonchev–Trinajstić information content (AvgIpc) is 2.71. The fourth-order valence-electron chi connectivity index (χ4n) is 3.09. The fraction of sp³-hybridized carbons (Fsp3) is 0.350. The van der Waals surface area contributed by atoms with Crippen molar-refractivity contribution in [3.8, 4) is 17.3 Å². The lowest BCUT2D eigenvalue weighted by Crippen LogP contribution is -2.46. The van der Waals surface area contributed by atoms with E-state index < -0.39 is 23.6 Å². The zero-order valence-electron chi connectivity index (χ0n) is 15.4. The number of Topliss-reactive ketones (excluding diaryl/α,β-unsaturated/α-hetero) is 1. The van der Waals surface area contributed by atoms with E-state index in [-0.39, 0.29) is 0 Å². The zero-order chi connectivity index (χ0) is 19.9. The first kappa shape index (κ1) is 19.5. The molecule has 0 saturated carbocycles. The van der Waals surface area contributed by atoms with Crippen LogP contribution in [0.25, 0.3) is 11.4 Å². The van der Waals surface area contributed by atoms with Crippen LogP contribution in [-0.2, 0) is 9.59 Å². The van der Waals surface area contributed by atoms with Crippen molar-refractivity contribution in [2.75, 3.05) is 6.61 Å². The summed E-state index contributed by atoms with van der Waals surface area (Å²) in [7, 11) is 0. The summed E-state index contributed by atoms with van der Waals surface area (Å²) in [5.41, 5.74) is 5.96. The van der Waals surface area contributed by atoms with Crippen LogP contribution in [0.3, 0.4) is 0 Å². The number of carbonyl (C=O) groups is 3. The minimum Gasteiger partial charge on any atom is -0.478 e. The summed E-state index contributed by atoms with van der Waals surface area (Å²) in [6.07, 6.45) is 5.16. The van der Waals surface area contributed by atoms with Gasteiger partial charge in [0.05, 0.1) is 18.2 Å². The first-order valence-electron chi connectivity index (χ1n) is 9.26. The molecule has 146 valence electrons. The van der Waals surface area contributed by atoms with Crippen LogP contribution in [0.4, 0.5) is 0 Å². The van der Waals surface area contributed by atoms with E-state index in [1.165, 1.54) is 0 Å². The van der Waals surface area contributed by atoms with Crippen molar-refractivity contribution in [1.82, 2.24) is 15.3 Å². The van der Waals surface area contributed by atoms with Crippen LogP contribution >= 0.6 is 0 Å². The molecular formula is C20H22N4O4. The predicted octanol–water partition coefficient (Wildman–Crippen LogP) is 1.64. The predicted molar refractivity (Wildman–Crippen MR) is 102 cm³/mol. The number of amides is 2. The smallest absolute Gasteiger partial charge is 0.287 e. The number of hydrogen-bond donors (Lipinski definition) is 2. The van der Waals surface area contributed by atoms with E-state index in [2.05, 4.69) is 15.3 Å². The number of primary amides is 1. The highest BCUT2D eigenvalue weighted by atomic mass is 16.5. The molecule has 1 aliphatic rings. The quantitative estimate of drug-likeness (QED) is 0.761. The Bertz CT molecular complexity index is 884. The number of rotatable bonds is 2. The molecule has 1 aliphatic heterocycles. The maximum atomic E-state index is 12.9. The van der Waals surface area contributed by atoms with Gasteiger partial charge in [-0.25, -0.2) is 4.98 Å². The SMILES string of the molecule is NC(=O)C(=O)[C@@H]1CCCCCCOc2ccnc(n2)-c2ccccc2C(=O)N1. The second-order valence-electron chi connectivity index (χ2n) is 6.57. The lowest BCUT2D eigenvalue weighted by molar-refractivity contribution is -0.137. The highest BCUT2D eigenvalue weighted by Gasteiger charge is 2.26. The van der Waals surface area contributed by atoms with Crippen LogP contribution in [0, 0.1) is 0 Å². The Morgan fingerprint density at radius 2 is 1.82 bits per heavy atom. The van der Waals surface area contributed by atoms with Gasteiger partial charge in [0.2, 0.25) is 11.7 Å². The van der Waals surface area contributed by atoms with Gasteiger partial charge in [0, 0.05) is 17.8 Å². The van der Waals surface area contributed by atoms with E-state index in [1.807, 2.05) is 0 Å². The van der Waals surface area contributed by atoms with Gasteiger partial charge in [-0.05, 0) is 18.9 Å². The highest BCUT2D eigenvalue weighted by molar-refractivity contribution is 6.38. The molecule has 8 nitrogen and oxygen atoms in total. The maximum absolute atomic E-state index is 12.9. The van der Waals surface area contributed by atoms with Crippen molar-refractivity contribution in [2.45, 2.75) is 38.1 Å². The van der Waals surface area contributed by atoms with Crippen molar-refractivity contribution in [3.05, 3.63) is 42.1 Å². The number of aromatic nitrogens is 2. The molecule has 3 N–H and O–H groups in total. The van der Waals surface area contributed by atoms with E-state index in [0.29, 0.717) is 42.3 Å². The first-order valence-corrected chi connectivity index (χ1v) is 9.26. The fourth-order valence-corrected chi connectivity index (χ4v) is 3.09. The number of nitrogens with one attached hydrogen (secondary N) is 1. The van der Waals surface area contributed by atoms with Crippen molar-refractivity contribution >= 4 is 17.6 Å². The topological polar surface area (TPSA) is 124 Å². The van der Waals surface area contributed by atoms with Crippen molar-refractivity contribution in [3.63, 3.8) is 0 Å². The minimum atomic E-state index is -1.05. The van der Waals surface area contributed by atoms with Crippen LogP contribution in [0.5, 0.6) is 5.88 Å². The summed E-state index contributed by atoms with van der Waals surface area (Å²) in [4.78, 5) is 45.0. The Labute approximate surface area is 162 Å². The van der Waals surface area contributed by atoms with E-state index >= 15 is 0 Å². The van der Waals surface area contributed by atoms with E-state index in [4.69, 9.17) is 10.5 Å². The van der Waals surface area contributed by atoms with Gasteiger partial charge in [0.15, 0.2) is 5.82 Å². The van der Waals surface area contributed by atoms with Crippen LogP contribution < -0.4 is 15.8 Å². The van der Waals surface area contributed by atoms with Crippen LogP contribution in [-0.4, -0.2) is 40.2 Å². The normalized spacial score (nSPS) is 17.9. The second-order valence-corrected chi connectivity index (χ2v) is 6.57. The van der Waals surface area contributed by atoms with E-state index in [0.717, 1.165) is 19.3 Å². The third-order valence-corrected chi connectivity index (χ3v) is 4.54. The van der Waals surface area contributed by atoms with Gasteiger partial charge in [-0.2, -0.15) is 4.98 Å². The lowest BCUT2D eigenvalue weighted by atomic mass is 10.0. The van der Waals surface area contributed by atoms with Gasteiger partial charge in [-0.15, -0.1) is 0 Å². The largest absolute Gasteiger partial charge is 0.478 e. The van der Waals surface area contributed by atoms with Crippen LogP contribution in [0.2, 0.25) is 0 Å². The number of nitrogens with zero attached hydrogens (tertiary/aromatic N) is 2. The standard InChI is InChI=1S/C20H22N4O4/c21-18(26)17(25)15-9-3-1-2-6-12-28-16-10-11-22-19(24-16)13-7-4-5-8-14(13)20(27)23-15/h4-5,7-8,10-11,15H,1-3,6,9,12H2,(H2,21,26)(H,23,27)/t15-/m0/s1. The van der Waals surface area contributed by atoms with Gasteiger partial charge >= 0.3 is 0 Å². The van der Waals surface area contributed by atoms with E-state index in [9.17, 15) is 14.4 Å². The molecule has 2 heterocycles. The average molecular weight is 382 g/mol. The highest BCUT2D eigenvalue weighted by Crippen LogP contribution is 2.22. The lowest BCUT2D eigenvalue weighted by Gasteiger charge is -2.17. The third-order valence-electron chi connectivity index (χ3n) is 4.54. The van der Waals surface area contributed by atoms with E-state index in [1.54, 1.807) is 36.5 Å². The molecule has 28 heavy (non-hydrogen) atoms. The summed E-state index contributed by atoms with van der Waals surface area (Å²) in [6.45, 7) is 0.513. The molecule has 0 saturated heterocycles. The Kier molecular flexibility index (Phi) is 6.31. The van der Waals surface area contributed by atoms with Crippen molar-refractivity contribution in [1.29, 1.82) is 0 Å². The molecule has 1 aromatic carbocycles. The van der Waals surface area contributed by atoms with Gasteiger partial charge in [-0.3, -0.25) is 14.4 Å². The number of hydrogen-bond acceptors (Lipinski definition) is 6. The molecule has 0 aliphatic carbocycles. The first-order chi connectivity index (χ1) is 13.6. The molecule has 1 aromatic heterocycles. The number of ketones is 1. The summed E-state index contributed by atoms with van der Waals surface area (Å²) in [6, 6.07) is 7.53. The summed E-state index contributed by atoms with van der Waals surface area (Å²) in [5, 5.41) is 2.66. The van der Waals surface area contributed by atoms with Crippen LogP contribution in [0.15, 0.2) is 36.5 Å². The molecule has 1 atom stereocenters. The molecule has 2 amide bonds. The molecule has 8 heteroatoms. The van der Waals surface area contributed by atoms with Gasteiger partial charge in [-0.1, -0.05) is 37.5 Å². The molecule has 0 fully saturated rings. The Balaban J connectivity index is 1.97. The molecule has 2 bridgehead atoms. The summed E-state index contributed by atoms with van der Waals surface area (Å²) < 4.78 is 5.69. The number of ether oxygens (including phenoxy) is 1. The Morgan fingerprint density at radius 1 is 1.07 bits per heavy atom. The molecular weight excluding hydrogens is 360 g/mol. The van der Waals surface area contributed by atoms with Gasteiger partial charge in [0.1, 0.15) is 0 Å². The molecule has 2 aromatic rings. The van der Waals surface area contributed by atoms with Crippen LogP contribution in [0.1, 0.15) is 42.5 Å². The number of fused-ring (bicyclic) bond motifs is 4. The van der Waals surface area contributed by atoms with Gasteiger partial charge in [0.25, 0.3) is 11.8 Å². The van der Waals surface area contributed by atoms with Crippen molar-refractivity contribution < 1.29 is 19.1 Å². The molecule has 0 unspecified atom stereocenters. The third kappa shape index (κ3) is 4.70.